The van der Waals surface area contributed by atoms with Crippen LogP contribution in [-0.2, 0) is 0 Å². The lowest BCUT2D eigenvalue weighted by Crippen LogP contribution is -2.03. The molecule has 1 aliphatic rings. The third-order valence-corrected chi connectivity index (χ3v) is 6.54. The van der Waals surface area contributed by atoms with Gasteiger partial charge in [-0.05, 0) is 62.2 Å². The van der Waals surface area contributed by atoms with E-state index in [0.717, 1.165) is 0 Å². The van der Waals surface area contributed by atoms with E-state index in [2.05, 4.69) is 116 Å². The van der Waals surface area contributed by atoms with Crippen LogP contribution in [0.15, 0.2) is 109 Å². The zero-order valence-electron chi connectivity index (χ0n) is 17.0. The summed E-state index contributed by atoms with van der Waals surface area (Å²) in [6, 6.07) is 39.7. The summed E-state index contributed by atoms with van der Waals surface area (Å²) >= 11 is 0. The minimum Gasteiger partial charge on any atom is -0.0622 e. The highest BCUT2D eigenvalue weighted by Gasteiger charge is 2.34. The predicted octanol–water partition coefficient (Wildman–Crippen LogP) is 7.98. The van der Waals surface area contributed by atoms with Gasteiger partial charge >= 0.3 is 0 Å². The first kappa shape index (κ1) is 17.2. The van der Waals surface area contributed by atoms with E-state index in [1.54, 1.807) is 0 Å². The van der Waals surface area contributed by atoms with Crippen LogP contribution in [0, 0.1) is 6.92 Å². The molecule has 1 aliphatic carbocycles. The van der Waals surface area contributed by atoms with Crippen LogP contribution in [0.2, 0.25) is 0 Å². The van der Waals surface area contributed by atoms with Crippen LogP contribution < -0.4 is 0 Å². The molecular weight excluding hydrogens is 360 g/mol. The average molecular weight is 383 g/mol. The van der Waals surface area contributed by atoms with Crippen molar-refractivity contribution < 1.29 is 0 Å². The van der Waals surface area contributed by atoms with Crippen molar-refractivity contribution in [3.63, 3.8) is 0 Å². The van der Waals surface area contributed by atoms with E-state index in [9.17, 15) is 0 Å². The van der Waals surface area contributed by atoms with Gasteiger partial charge in [-0.2, -0.15) is 0 Å². The van der Waals surface area contributed by atoms with Crippen LogP contribution in [0.5, 0.6) is 0 Å². The van der Waals surface area contributed by atoms with Crippen LogP contribution in [0.25, 0.3) is 33.0 Å². The highest BCUT2D eigenvalue weighted by atomic mass is 14.4. The van der Waals surface area contributed by atoms with Crippen LogP contribution in [0.1, 0.15) is 28.2 Å². The maximum absolute atomic E-state index is 2.31. The number of benzene rings is 5. The van der Waals surface area contributed by atoms with E-state index in [0.29, 0.717) is 0 Å². The Hall–Kier alpha value is -3.64. The molecule has 0 radical (unpaired) electrons. The molecule has 30 heavy (non-hydrogen) atoms. The standard InChI is InChI=1S/C30H22/c1-20-27(21-12-4-2-5-13-21)23-16-8-10-18-25(23)30-26-19-11-9-17-24(26)29(28(20)30)22-14-6-3-7-15-22/h2-19,29H,1H3. The van der Waals surface area contributed by atoms with E-state index in [4.69, 9.17) is 0 Å². The molecule has 5 aromatic rings. The lowest BCUT2D eigenvalue weighted by Gasteiger charge is -2.21. The normalized spacial score (nSPS) is 14.5. The van der Waals surface area contributed by atoms with E-state index in [-0.39, 0.29) is 5.92 Å². The summed E-state index contributed by atoms with van der Waals surface area (Å²) in [6.07, 6.45) is 0. The molecular formula is C30H22. The second-order valence-electron chi connectivity index (χ2n) is 8.13. The minimum atomic E-state index is 0.268. The zero-order chi connectivity index (χ0) is 20.1. The number of fused-ring (bicyclic) bond motifs is 5. The van der Waals surface area contributed by atoms with Gasteiger partial charge in [0.1, 0.15) is 0 Å². The van der Waals surface area contributed by atoms with Crippen molar-refractivity contribution in [3.05, 3.63) is 131 Å². The lowest BCUT2D eigenvalue weighted by atomic mass is 9.82. The predicted molar refractivity (Wildman–Crippen MR) is 127 cm³/mol. The molecule has 0 N–H and O–H groups in total. The highest BCUT2D eigenvalue weighted by Crippen LogP contribution is 2.54. The summed E-state index contributed by atoms with van der Waals surface area (Å²) < 4.78 is 0. The quantitative estimate of drug-likeness (QED) is 0.285. The average Bonchev–Trinajstić information content (AvgIpc) is 3.16. The van der Waals surface area contributed by atoms with Gasteiger partial charge in [0.2, 0.25) is 0 Å². The van der Waals surface area contributed by atoms with Gasteiger partial charge in [-0.3, -0.25) is 0 Å². The summed E-state index contributed by atoms with van der Waals surface area (Å²) in [5.74, 6) is 0.268. The third-order valence-electron chi connectivity index (χ3n) is 6.54. The van der Waals surface area contributed by atoms with Crippen molar-refractivity contribution in [2.75, 3.05) is 0 Å². The second kappa shape index (κ2) is 6.71. The second-order valence-corrected chi connectivity index (χ2v) is 8.13. The lowest BCUT2D eigenvalue weighted by molar-refractivity contribution is 1.00. The summed E-state index contributed by atoms with van der Waals surface area (Å²) in [6.45, 7) is 2.31. The molecule has 0 spiro atoms. The molecule has 0 aromatic heterocycles. The van der Waals surface area contributed by atoms with Gasteiger partial charge in [0.05, 0.1) is 0 Å². The van der Waals surface area contributed by atoms with Gasteiger partial charge in [0, 0.05) is 5.92 Å². The molecule has 1 atom stereocenters. The largest absolute Gasteiger partial charge is 0.0622 e. The maximum Gasteiger partial charge on any atom is 0.0355 e. The summed E-state index contributed by atoms with van der Waals surface area (Å²) in [4.78, 5) is 0. The van der Waals surface area contributed by atoms with Crippen molar-refractivity contribution in [1.29, 1.82) is 0 Å². The topological polar surface area (TPSA) is 0 Å². The molecule has 142 valence electrons. The highest BCUT2D eigenvalue weighted by molar-refractivity contribution is 6.10. The fourth-order valence-corrected chi connectivity index (χ4v) is 5.34. The van der Waals surface area contributed by atoms with E-state index in [1.807, 2.05) is 0 Å². The third kappa shape index (κ3) is 2.40. The molecule has 1 unspecified atom stereocenters. The molecule has 0 heterocycles. The molecule has 0 saturated heterocycles. The Bertz CT molecular complexity index is 1380. The molecule has 0 fully saturated rings. The van der Waals surface area contributed by atoms with Gasteiger partial charge < -0.3 is 0 Å². The van der Waals surface area contributed by atoms with Crippen molar-refractivity contribution >= 4 is 10.8 Å². The maximum atomic E-state index is 2.31. The first-order valence-corrected chi connectivity index (χ1v) is 10.6. The van der Waals surface area contributed by atoms with Crippen molar-refractivity contribution in [1.82, 2.24) is 0 Å². The number of hydrogen-bond acceptors (Lipinski definition) is 0. The molecule has 6 rings (SSSR count). The summed E-state index contributed by atoms with van der Waals surface area (Å²) in [7, 11) is 0. The van der Waals surface area contributed by atoms with Crippen molar-refractivity contribution in [3.8, 4) is 22.3 Å². The Morgan fingerprint density at radius 1 is 0.533 bits per heavy atom. The number of rotatable bonds is 2. The Morgan fingerprint density at radius 3 is 1.83 bits per heavy atom. The SMILES string of the molecule is Cc1c2c(c3ccccc3c1-c1ccccc1)-c1ccccc1C2c1ccccc1. The molecule has 0 amide bonds. The van der Waals surface area contributed by atoms with Gasteiger partial charge in [-0.25, -0.2) is 0 Å². The molecule has 0 heteroatoms. The van der Waals surface area contributed by atoms with E-state index < -0.39 is 0 Å². The molecule has 0 aliphatic heterocycles. The van der Waals surface area contributed by atoms with Crippen LogP contribution >= 0.6 is 0 Å². The molecule has 5 aromatic carbocycles. The van der Waals surface area contributed by atoms with Crippen molar-refractivity contribution in [2.45, 2.75) is 12.8 Å². The molecule has 0 nitrogen and oxygen atoms in total. The van der Waals surface area contributed by atoms with Crippen molar-refractivity contribution in [2.24, 2.45) is 0 Å². The monoisotopic (exact) mass is 382 g/mol. The van der Waals surface area contributed by atoms with E-state index >= 15 is 0 Å². The summed E-state index contributed by atoms with van der Waals surface area (Å²) in [5.41, 5.74) is 11.1. The molecule has 0 saturated carbocycles. The van der Waals surface area contributed by atoms with Gasteiger partial charge in [0.15, 0.2) is 0 Å². The first-order valence-electron chi connectivity index (χ1n) is 10.6. The van der Waals surface area contributed by atoms with Gasteiger partial charge in [-0.1, -0.05) is 109 Å². The Labute approximate surface area is 177 Å². The zero-order valence-corrected chi connectivity index (χ0v) is 17.0. The van der Waals surface area contributed by atoms with Gasteiger partial charge in [0.25, 0.3) is 0 Å². The first-order chi connectivity index (χ1) is 14.8. The van der Waals surface area contributed by atoms with Crippen LogP contribution in [-0.4, -0.2) is 0 Å². The fourth-order valence-electron chi connectivity index (χ4n) is 5.34. The molecule has 0 bridgehead atoms. The Balaban J connectivity index is 1.79. The fraction of sp³-hybridized carbons (Fsp3) is 0.0667. The number of hydrogen-bond donors (Lipinski definition) is 0. The van der Waals surface area contributed by atoms with Crippen LogP contribution in [0.4, 0.5) is 0 Å². The minimum absolute atomic E-state index is 0.268. The Morgan fingerprint density at radius 2 is 1.10 bits per heavy atom. The van der Waals surface area contributed by atoms with Crippen LogP contribution in [0.3, 0.4) is 0 Å². The summed E-state index contributed by atoms with van der Waals surface area (Å²) in [5, 5.41) is 2.69. The van der Waals surface area contributed by atoms with E-state index in [1.165, 1.54) is 55.3 Å². The smallest absolute Gasteiger partial charge is 0.0355 e. The Kier molecular flexibility index (Phi) is 3.86. The van der Waals surface area contributed by atoms with Gasteiger partial charge in [-0.15, -0.1) is 0 Å².